The molecule has 6 heteroatoms. The van der Waals surface area contributed by atoms with Crippen molar-refractivity contribution in [3.05, 3.63) is 10.1 Å². The Morgan fingerprint density at radius 2 is 2.06 bits per heavy atom. The lowest BCUT2D eigenvalue weighted by Gasteiger charge is -2.09. The quantitative estimate of drug-likeness (QED) is 0.262. The summed E-state index contributed by atoms with van der Waals surface area (Å²) in [5.74, 6) is -0.808. The average Bonchev–Trinajstić information content (AvgIpc) is 2.26. The fraction of sp³-hybridized carbons (Fsp3) is 0.909. The Morgan fingerprint density at radius 3 is 2.59 bits per heavy atom. The van der Waals surface area contributed by atoms with Gasteiger partial charge in [0.15, 0.2) is 0 Å². The van der Waals surface area contributed by atoms with Crippen LogP contribution in [-0.2, 0) is 9.53 Å². The van der Waals surface area contributed by atoms with Gasteiger partial charge in [-0.25, -0.2) is 0 Å². The molecule has 0 aliphatic rings. The zero-order chi connectivity index (χ0) is 13.1. The van der Waals surface area contributed by atoms with Crippen molar-refractivity contribution in [2.45, 2.75) is 58.1 Å². The summed E-state index contributed by atoms with van der Waals surface area (Å²) >= 11 is 0. The molecule has 0 saturated carbocycles. The van der Waals surface area contributed by atoms with Crippen LogP contribution >= 0.6 is 0 Å². The molecule has 1 N–H and O–H groups in total. The summed E-state index contributed by atoms with van der Waals surface area (Å²) in [6.45, 7) is 2.30. The molecule has 100 valence electrons. The maximum Gasteiger partial charge on any atom is 0.315 e. The normalized spacial score (nSPS) is 12.3. The van der Waals surface area contributed by atoms with Gasteiger partial charge in [0.1, 0.15) is 0 Å². The Hall–Kier alpha value is -1.17. The minimum atomic E-state index is -0.908. The van der Waals surface area contributed by atoms with Crippen molar-refractivity contribution in [1.29, 1.82) is 0 Å². The minimum absolute atomic E-state index is 0.147. The third kappa shape index (κ3) is 9.74. The van der Waals surface area contributed by atoms with Gasteiger partial charge in [-0.1, -0.05) is 19.8 Å². The number of ether oxygens (including phenoxy) is 1. The third-order valence-corrected chi connectivity index (χ3v) is 2.38. The molecule has 0 spiro atoms. The standard InChI is InChI=1S/C11H21NO5/c1-2-3-7-10(12(15)16)17-9-6-4-5-8-11(13)14/h10H,2-9H2,1H3,(H,13,14). The molecule has 0 aromatic carbocycles. The molecular formula is C11H21NO5. The van der Waals surface area contributed by atoms with Gasteiger partial charge in [0, 0.05) is 12.8 Å². The lowest BCUT2D eigenvalue weighted by Crippen LogP contribution is -2.23. The highest BCUT2D eigenvalue weighted by Crippen LogP contribution is 2.07. The fourth-order valence-electron chi connectivity index (χ4n) is 1.40. The van der Waals surface area contributed by atoms with Crippen molar-refractivity contribution in [2.75, 3.05) is 6.61 Å². The van der Waals surface area contributed by atoms with Crippen LogP contribution in [0.15, 0.2) is 0 Å². The lowest BCUT2D eigenvalue weighted by atomic mass is 10.2. The largest absolute Gasteiger partial charge is 0.481 e. The number of nitrogens with zero attached hydrogens (tertiary/aromatic N) is 1. The summed E-state index contributed by atoms with van der Waals surface area (Å²) in [6, 6.07) is 0. The minimum Gasteiger partial charge on any atom is -0.481 e. The van der Waals surface area contributed by atoms with E-state index in [4.69, 9.17) is 9.84 Å². The van der Waals surface area contributed by atoms with Crippen molar-refractivity contribution >= 4 is 5.97 Å². The molecule has 0 amide bonds. The van der Waals surface area contributed by atoms with Crippen molar-refractivity contribution in [3.8, 4) is 0 Å². The van der Waals surface area contributed by atoms with Gasteiger partial charge in [0.05, 0.1) is 11.5 Å². The number of hydrogen-bond acceptors (Lipinski definition) is 4. The van der Waals surface area contributed by atoms with Gasteiger partial charge < -0.3 is 9.84 Å². The molecule has 0 heterocycles. The topological polar surface area (TPSA) is 89.7 Å². The van der Waals surface area contributed by atoms with Gasteiger partial charge in [-0.2, -0.15) is 0 Å². The van der Waals surface area contributed by atoms with Crippen LogP contribution in [0.3, 0.4) is 0 Å². The van der Waals surface area contributed by atoms with Crippen LogP contribution in [-0.4, -0.2) is 28.8 Å². The lowest BCUT2D eigenvalue weighted by molar-refractivity contribution is -0.577. The highest BCUT2D eigenvalue weighted by Gasteiger charge is 2.18. The molecule has 0 rings (SSSR count). The number of aliphatic carboxylic acids is 1. The molecule has 1 unspecified atom stereocenters. The maximum absolute atomic E-state index is 10.6. The number of carboxylic acid groups (broad SMARTS) is 1. The maximum atomic E-state index is 10.6. The number of carbonyl (C=O) groups is 1. The van der Waals surface area contributed by atoms with Crippen molar-refractivity contribution in [1.82, 2.24) is 0 Å². The van der Waals surface area contributed by atoms with Crippen LogP contribution in [0.1, 0.15) is 51.9 Å². The molecular weight excluding hydrogens is 226 g/mol. The van der Waals surface area contributed by atoms with E-state index < -0.39 is 17.1 Å². The van der Waals surface area contributed by atoms with Crippen LogP contribution in [0, 0.1) is 10.1 Å². The summed E-state index contributed by atoms with van der Waals surface area (Å²) in [5.41, 5.74) is 0. The van der Waals surface area contributed by atoms with Crippen LogP contribution in [0.4, 0.5) is 0 Å². The Labute approximate surface area is 101 Å². The summed E-state index contributed by atoms with van der Waals surface area (Å²) < 4.78 is 5.17. The second-order valence-electron chi connectivity index (χ2n) is 3.96. The number of carboxylic acids is 1. The number of hydrogen-bond donors (Lipinski definition) is 1. The SMILES string of the molecule is CCCCC(OCCCCCC(=O)O)[N+](=O)[O-]. The Kier molecular flexibility index (Phi) is 9.33. The second kappa shape index (κ2) is 10.0. The van der Waals surface area contributed by atoms with E-state index in [0.717, 1.165) is 19.3 Å². The molecule has 0 aromatic heterocycles. The summed E-state index contributed by atoms with van der Waals surface area (Å²) in [4.78, 5) is 20.4. The number of nitro groups is 1. The molecule has 0 aromatic rings. The van der Waals surface area contributed by atoms with Crippen molar-refractivity contribution in [3.63, 3.8) is 0 Å². The van der Waals surface area contributed by atoms with Crippen LogP contribution in [0.25, 0.3) is 0 Å². The predicted molar refractivity (Wildman–Crippen MR) is 62.4 cm³/mol. The van der Waals surface area contributed by atoms with Crippen LogP contribution < -0.4 is 0 Å². The first-order chi connectivity index (χ1) is 8.07. The predicted octanol–water partition coefficient (Wildman–Crippen LogP) is 2.44. The monoisotopic (exact) mass is 247 g/mol. The molecule has 0 bridgehead atoms. The summed E-state index contributed by atoms with van der Waals surface area (Å²) in [6.07, 6.45) is 3.37. The van der Waals surface area contributed by atoms with Crippen molar-refractivity contribution < 1.29 is 19.6 Å². The van der Waals surface area contributed by atoms with Gasteiger partial charge in [-0.3, -0.25) is 14.9 Å². The molecule has 0 aliphatic carbocycles. The zero-order valence-corrected chi connectivity index (χ0v) is 10.3. The summed E-state index contributed by atoms with van der Waals surface area (Å²) in [5, 5.41) is 19.0. The first kappa shape index (κ1) is 15.8. The highest BCUT2D eigenvalue weighted by molar-refractivity contribution is 5.66. The van der Waals surface area contributed by atoms with E-state index in [9.17, 15) is 14.9 Å². The second-order valence-corrected chi connectivity index (χ2v) is 3.96. The third-order valence-electron chi connectivity index (χ3n) is 2.38. The van der Waals surface area contributed by atoms with E-state index >= 15 is 0 Å². The van der Waals surface area contributed by atoms with E-state index in [2.05, 4.69) is 0 Å². The fourth-order valence-corrected chi connectivity index (χ4v) is 1.40. The average molecular weight is 247 g/mol. The van der Waals surface area contributed by atoms with Crippen molar-refractivity contribution in [2.24, 2.45) is 0 Å². The first-order valence-corrected chi connectivity index (χ1v) is 6.04. The van der Waals surface area contributed by atoms with E-state index in [-0.39, 0.29) is 6.42 Å². The Balaban J connectivity index is 3.54. The number of rotatable bonds is 11. The van der Waals surface area contributed by atoms with Gasteiger partial charge in [-0.15, -0.1) is 0 Å². The highest BCUT2D eigenvalue weighted by atomic mass is 16.7. The Morgan fingerprint density at radius 1 is 1.35 bits per heavy atom. The molecule has 1 atom stereocenters. The van der Waals surface area contributed by atoms with Gasteiger partial charge in [-0.05, 0) is 19.3 Å². The van der Waals surface area contributed by atoms with E-state index in [1.165, 1.54) is 0 Å². The van der Waals surface area contributed by atoms with Gasteiger partial charge >= 0.3 is 12.2 Å². The molecule has 0 fully saturated rings. The molecule has 0 radical (unpaired) electrons. The Bertz CT molecular complexity index is 232. The van der Waals surface area contributed by atoms with E-state index in [1.807, 2.05) is 6.92 Å². The molecule has 17 heavy (non-hydrogen) atoms. The van der Waals surface area contributed by atoms with Crippen LogP contribution in [0.5, 0.6) is 0 Å². The zero-order valence-electron chi connectivity index (χ0n) is 10.3. The number of unbranched alkanes of at least 4 members (excludes halogenated alkanes) is 3. The van der Waals surface area contributed by atoms with Gasteiger partial charge in [0.2, 0.25) is 0 Å². The smallest absolute Gasteiger partial charge is 0.315 e. The van der Waals surface area contributed by atoms with Gasteiger partial charge in [0.25, 0.3) is 0 Å². The van der Waals surface area contributed by atoms with E-state index in [1.54, 1.807) is 0 Å². The molecule has 0 saturated heterocycles. The first-order valence-electron chi connectivity index (χ1n) is 6.04. The molecule has 0 aliphatic heterocycles. The summed E-state index contributed by atoms with van der Waals surface area (Å²) in [7, 11) is 0. The van der Waals surface area contributed by atoms with Crippen LogP contribution in [0.2, 0.25) is 0 Å². The molecule has 6 nitrogen and oxygen atoms in total. The van der Waals surface area contributed by atoms with E-state index in [0.29, 0.717) is 25.9 Å².